The summed E-state index contributed by atoms with van der Waals surface area (Å²) < 4.78 is 22.0. The fraction of sp³-hybridized carbons (Fsp3) is 0.542. The highest BCUT2D eigenvalue weighted by Gasteiger charge is 2.36. The maximum atomic E-state index is 15.2. The van der Waals surface area contributed by atoms with E-state index in [9.17, 15) is 5.11 Å². The molecule has 1 aromatic carbocycles. The number of likely N-dealkylation sites (tertiary alicyclic amines) is 1. The summed E-state index contributed by atoms with van der Waals surface area (Å²) in [4.78, 5) is 11.2. The van der Waals surface area contributed by atoms with Crippen LogP contribution in [0.4, 0.5) is 16.0 Å². The van der Waals surface area contributed by atoms with Crippen molar-refractivity contribution in [1.82, 2.24) is 24.6 Å². The van der Waals surface area contributed by atoms with Crippen molar-refractivity contribution >= 4 is 45.7 Å². The zero-order chi connectivity index (χ0) is 24.9. The number of fused-ring (bicyclic) bond motifs is 1. The van der Waals surface area contributed by atoms with Gasteiger partial charge in [0, 0.05) is 29.1 Å². The van der Waals surface area contributed by atoms with Gasteiger partial charge in [-0.2, -0.15) is 5.10 Å². The Labute approximate surface area is 213 Å². The number of rotatable bonds is 6. The molecule has 2 fully saturated rings. The lowest BCUT2D eigenvalue weighted by Gasteiger charge is -2.43. The van der Waals surface area contributed by atoms with Crippen molar-refractivity contribution in [3.63, 3.8) is 0 Å². The summed E-state index contributed by atoms with van der Waals surface area (Å²) in [5.41, 5.74) is 0.952. The second-order valence-electron chi connectivity index (χ2n) is 9.97. The van der Waals surface area contributed by atoms with Crippen molar-refractivity contribution in [1.29, 1.82) is 0 Å². The number of aromatic nitrogens is 4. The summed E-state index contributed by atoms with van der Waals surface area (Å²) in [5, 5.41) is 19.3. The Balaban J connectivity index is 1.38. The second-order valence-corrected chi connectivity index (χ2v) is 10.7. The van der Waals surface area contributed by atoms with Crippen LogP contribution in [0.25, 0.3) is 10.9 Å². The van der Waals surface area contributed by atoms with Gasteiger partial charge >= 0.3 is 0 Å². The lowest BCUT2D eigenvalue weighted by Crippen LogP contribution is -2.54. The molecule has 0 radical (unpaired) electrons. The van der Waals surface area contributed by atoms with Crippen molar-refractivity contribution in [2.75, 3.05) is 31.6 Å². The summed E-state index contributed by atoms with van der Waals surface area (Å²) >= 11 is 13.1. The van der Waals surface area contributed by atoms with Crippen molar-refractivity contribution in [3.05, 3.63) is 40.3 Å². The first-order valence-electron chi connectivity index (χ1n) is 11.8. The molecule has 2 aromatic heterocycles. The number of ether oxygens (including phenoxy) is 1. The van der Waals surface area contributed by atoms with Gasteiger partial charge in [0.05, 0.1) is 48.3 Å². The fourth-order valence-electron chi connectivity index (χ4n) is 4.58. The lowest BCUT2D eigenvalue weighted by atomic mass is 9.86. The first-order valence-corrected chi connectivity index (χ1v) is 12.5. The third-order valence-electron chi connectivity index (χ3n) is 7.18. The molecule has 4 heterocycles. The summed E-state index contributed by atoms with van der Waals surface area (Å²) in [6.07, 6.45) is 2.92. The first kappa shape index (κ1) is 24.6. The molecule has 188 valence electrons. The van der Waals surface area contributed by atoms with Crippen LogP contribution in [0.2, 0.25) is 10.2 Å². The minimum absolute atomic E-state index is 0.286. The van der Waals surface area contributed by atoms with Crippen molar-refractivity contribution in [2.45, 2.75) is 57.0 Å². The van der Waals surface area contributed by atoms with E-state index in [2.05, 4.69) is 25.3 Å². The number of alkyl halides is 1. The van der Waals surface area contributed by atoms with E-state index in [1.165, 1.54) is 0 Å². The monoisotopic (exact) mass is 522 g/mol. The van der Waals surface area contributed by atoms with Gasteiger partial charge in [-0.05, 0) is 51.4 Å². The van der Waals surface area contributed by atoms with Gasteiger partial charge in [0.25, 0.3) is 0 Å². The predicted octanol–water partition coefficient (Wildman–Crippen LogP) is 4.73. The molecule has 2 aliphatic heterocycles. The molecule has 0 saturated carbocycles. The smallest absolute Gasteiger partial charge is 0.227 e. The highest BCUT2D eigenvalue weighted by molar-refractivity contribution is 6.32. The maximum Gasteiger partial charge on any atom is 0.227 e. The van der Waals surface area contributed by atoms with Crippen LogP contribution >= 0.6 is 23.2 Å². The van der Waals surface area contributed by atoms with Crippen LogP contribution in [0, 0.1) is 0 Å². The molecule has 8 nitrogen and oxygen atoms in total. The van der Waals surface area contributed by atoms with Crippen LogP contribution < -0.4 is 5.32 Å². The van der Waals surface area contributed by atoms with E-state index in [1.54, 1.807) is 37.0 Å². The first-order chi connectivity index (χ1) is 16.6. The zero-order valence-electron chi connectivity index (χ0n) is 19.9. The number of aliphatic hydroxyl groups is 1. The van der Waals surface area contributed by atoms with Gasteiger partial charge in [-0.15, -0.1) is 0 Å². The Morgan fingerprint density at radius 1 is 1.26 bits per heavy atom. The molecule has 2 saturated heterocycles. The average molecular weight is 523 g/mol. The molecule has 3 atom stereocenters. The molecule has 3 unspecified atom stereocenters. The standard InChI is InChI=1S/C24H29Cl2FN6O2/c1-13(24(2,3)34)33-22(26)21(9-29-33)31-23-28-8-14-6-18(25)17(7-20(14)30-23)16-4-5-32(10-19(16)27)15-11-35-12-15/h6-9,13,15-16,19,34H,4-5,10-12H2,1-3H3,(H,28,30,31). The summed E-state index contributed by atoms with van der Waals surface area (Å²) in [6, 6.07) is 3.64. The number of nitrogens with one attached hydrogen (secondary N) is 1. The van der Waals surface area contributed by atoms with Crippen LogP contribution in [0.3, 0.4) is 0 Å². The van der Waals surface area contributed by atoms with Crippen LogP contribution in [-0.2, 0) is 4.74 Å². The van der Waals surface area contributed by atoms with Crippen LogP contribution in [-0.4, -0.2) is 73.9 Å². The van der Waals surface area contributed by atoms with Gasteiger partial charge in [-0.25, -0.2) is 19.0 Å². The van der Waals surface area contributed by atoms with E-state index in [1.807, 2.05) is 13.0 Å². The molecule has 0 bridgehead atoms. The van der Waals surface area contributed by atoms with Gasteiger partial charge in [-0.3, -0.25) is 4.90 Å². The highest BCUT2D eigenvalue weighted by atomic mass is 35.5. The van der Waals surface area contributed by atoms with Gasteiger partial charge in [0.15, 0.2) is 5.15 Å². The van der Waals surface area contributed by atoms with Gasteiger partial charge in [0.2, 0.25) is 5.95 Å². The van der Waals surface area contributed by atoms with Gasteiger partial charge in [-0.1, -0.05) is 23.2 Å². The molecule has 0 spiro atoms. The van der Waals surface area contributed by atoms with Crippen molar-refractivity contribution in [2.24, 2.45) is 0 Å². The number of halogens is 3. The lowest BCUT2D eigenvalue weighted by molar-refractivity contribution is -0.0806. The number of anilines is 2. The quantitative estimate of drug-likeness (QED) is 0.483. The number of hydrogen-bond acceptors (Lipinski definition) is 7. The average Bonchev–Trinajstić information content (AvgIpc) is 3.11. The SMILES string of the molecule is CC(n1ncc(Nc2ncc3cc(Cl)c(C4CCN(C5COC5)CC4F)cc3n2)c1Cl)C(C)(C)O. The topological polar surface area (TPSA) is 88.3 Å². The van der Waals surface area contributed by atoms with E-state index in [-0.39, 0.29) is 12.0 Å². The Morgan fingerprint density at radius 2 is 2.03 bits per heavy atom. The Hall–Kier alpha value is -2.04. The van der Waals surface area contributed by atoms with E-state index in [0.717, 1.165) is 17.5 Å². The number of piperidine rings is 1. The van der Waals surface area contributed by atoms with Crippen molar-refractivity contribution < 1.29 is 14.2 Å². The van der Waals surface area contributed by atoms with Gasteiger partial charge in [0.1, 0.15) is 6.17 Å². The summed E-state index contributed by atoms with van der Waals surface area (Å²) in [6.45, 7) is 7.80. The molecular weight excluding hydrogens is 494 g/mol. The molecule has 0 aliphatic carbocycles. The van der Waals surface area contributed by atoms with Crippen molar-refractivity contribution in [3.8, 4) is 0 Å². The largest absolute Gasteiger partial charge is 0.388 e. The predicted molar refractivity (Wildman–Crippen MR) is 135 cm³/mol. The molecule has 3 aromatic rings. The van der Waals surface area contributed by atoms with E-state index >= 15 is 4.39 Å². The third kappa shape index (κ3) is 4.84. The normalized spacial score (nSPS) is 22.8. The van der Waals surface area contributed by atoms with E-state index < -0.39 is 11.8 Å². The highest BCUT2D eigenvalue weighted by Crippen LogP contribution is 2.38. The molecular formula is C24H29Cl2FN6O2. The molecule has 2 aliphatic rings. The molecule has 35 heavy (non-hydrogen) atoms. The Bertz CT molecular complexity index is 1230. The zero-order valence-corrected chi connectivity index (χ0v) is 21.4. The maximum absolute atomic E-state index is 15.2. The molecule has 5 rings (SSSR count). The summed E-state index contributed by atoms with van der Waals surface area (Å²) in [5.74, 6) is 0.0475. The molecule has 11 heteroatoms. The minimum atomic E-state index is -1.01. The number of benzene rings is 1. The van der Waals surface area contributed by atoms with Crippen LogP contribution in [0.1, 0.15) is 44.7 Å². The van der Waals surface area contributed by atoms with Crippen LogP contribution in [0.5, 0.6) is 0 Å². The fourth-order valence-corrected chi connectivity index (χ4v) is 5.18. The summed E-state index contributed by atoms with van der Waals surface area (Å²) in [7, 11) is 0. The number of hydrogen-bond donors (Lipinski definition) is 2. The van der Waals surface area contributed by atoms with E-state index in [4.69, 9.17) is 27.9 Å². The Morgan fingerprint density at radius 3 is 2.69 bits per heavy atom. The third-order valence-corrected chi connectivity index (χ3v) is 7.88. The Kier molecular flexibility index (Phi) is 6.65. The second kappa shape index (κ2) is 9.44. The number of nitrogens with zero attached hydrogens (tertiary/aromatic N) is 5. The molecule has 2 N–H and O–H groups in total. The van der Waals surface area contributed by atoms with Crippen LogP contribution in [0.15, 0.2) is 24.5 Å². The van der Waals surface area contributed by atoms with Gasteiger partial charge < -0.3 is 15.2 Å². The van der Waals surface area contributed by atoms with E-state index in [0.29, 0.717) is 59.5 Å². The molecule has 0 amide bonds. The minimum Gasteiger partial charge on any atom is -0.388 e.